The van der Waals surface area contributed by atoms with Crippen molar-refractivity contribution in [1.29, 1.82) is 0 Å². The van der Waals surface area contributed by atoms with Gasteiger partial charge in [0.05, 0.1) is 5.60 Å². The van der Waals surface area contributed by atoms with Gasteiger partial charge in [0.2, 0.25) is 10.0 Å². The Kier molecular flexibility index (Phi) is 6.03. The average molecular weight is 269 g/mol. The minimum Gasteiger partial charge on any atom is -0.480 e. The highest BCUT2D eigenvalue weighted by molar-refractivity contribution is 7.90. The van der Waals surface area contributed by atoms with Gasteiger partial charge in [-0.25, -0.2) is 13.1 Å². The molecule has 7 nitrogen and oxygen atoms in total. The molecule has 8 heteroatoms. The van der Waals surface area contributed by atoms with Crippen LogP contribution in [0.4, 0.5) is 0 Å². The second kappa shape index (κ2) is 6.29. The molecule has 102 valence electrons. The van der Waals surface area contributed by atoms with E-state index in [-0.39, 0.29) is 19.6 Å². The van der Waals surface area contributed by atoms with E-state index in [2.05, 4.69) is 4.72 Å². The van der Waals surface area contributed by atoms with Crippen LogP contribution >= 0.6 is 0 Å². The average Bonchev–Trinajstić information content (AvgIpc) is 2.23. The van der Waals surface area contributed by atoms with Crippen LogP contribution in [0.1, 0.15) is 20.3 Å². The molecular weight excluding hydrogens is 250 g/mol. The SMILES string of the molecule is COCCC(C)(O)CNS(=O)(=O)C(C)C(=O)O. The predicted octanol–water partition coefficient (Wildman–Crippen LogP) is -0.834. The second-order valence-corrected chi connectivity index (χ2v) is 6.17. The van der Waals surface area contributed by atoms with E-state index in [0.717, 1.165) is 6.92 Å². The summed E-state index contributed by atoms with van der Waals surface area (Å²) < 4.78 is 29.8. The largest absolute Gasteiger partial charge is 0.480 e. The molecule has 2 unspecified atom stereocenters. The first-order valence-electron chi connectivity index (χ1n) is 5.05. The maximum atomic E-state index is 11.5. The number of sulfonamides is 1. The van der Waals surface area contributed by atoms with Gasteiger partial charge in [0.15, 0.2) is 5.25 Å². The Morgan fingerprint density at radius 3 is 2.47 bits per heavy atom. The third-order valence-electron chi connectivity index (χ3n) is 2.31. The predicted molar refractivity (Wildman–Crippen MR) is 61.1 cm³/mol. The van der Waals surface area contributed by atoms with E-state index < -0.39 is 26.8 Å². The first kappa shape index (κ1) is 16.3. The van der Waals surface area contributed by atoms with Crippen LogP contribution in [-0.2, 0) is 19.6 Å². The van der Waals surface area contributed by atoms with Crippen molar-refractivity contribution in [2.45, 2.75) is 31.1 Å². The van der Waals surface area contributed by atoms with Crippen LogP contribution in [-0.4, -0.2) is 55.7 Å². The highest BCUT2D eigenvalue weighted by Crippen LogP contribution is 2.09. The van der Waals surface area contributed by atoms with E-state index >= 15 is 0 Å². The number of carboxylic acids is 1. The number of aliphatic hydroxyl groups is 1. The maximum absolute atomic E-state index is 11.5. The Morgan fingerprint density at radius 2 is 2.06 bits per heavy atom. The van der Waals surface area contributed by atoms with Crippen molar-refractivity contribution in [1.82, 2.24) is 4.72 Å². The standard InChI is InChI=1S/C9H19NO6S/c1-7(8(11)12)17(14,15)10-6-9(2,13)4-5-16-3/h7,10,13H,4-6H2,1-3H3,(H,11,12). The van der Waals surface area contributed by atoms with Crippen molar-refractivity contribution in [3.8, 4) is 0 Å². The zero-order chi connectivity index (χ0) is 13.7. The molecule has 0 aliphatic rings. The number of carboxylic acid groups (broad SMARTS) is 1. The fourth-order valence-corrected chi connectivity index (χ4v) is 1.95. The molecule has 0 radical (unpaired) electrons. The smallest absolute Gasteiger partial charge is 0.323 e. The third kappa shape index (κ3) is 5.97. The Bertz CT molecular complexity index is 350. The summed E-state index contributed by atoms with van der Waals surface area (Å²) in [6.45, 7) is 2.54. The van der Waals surface area contributed by atoms with Crippen molar-refractivity contribution in [2.75, 3.05) is 20.3 Å². The molecule has 0 aliphatic heterocycles. The Hall–Kier alpha value is -0.700. The maximum Gasteiger partial charge on any atom is 0.323 e. The molecule has 0 amide bonds. The first-order valence-corrected chi connectivity index (χ1v) is 6.59. The normalized spacial score (nSPS) is 17.4. The van der Waals surface area contributed by atoms with E-state index in [1.807, 2.05) is 0 Å². The van der Waals surface area contributed by atoms with E-state index in [0.29, 0.717) is 0 Å². The number of aliphatic carboxylic acids is 1. The van der Waals surface area contributed by atoms with Crippen LogP contribution in [0, 0.1) is 0 Å². The van der Waals surface area contributed by atoms with Gasteiger partial charge in [-0.05, 0) is 13.8 Å². The van der Waals surface area contributed by atoms with Crippen molar-refractivity contribution in [3.63, 3.8) is 0 Å². The molecule has 0 saturated heterocycles. The third-order valence-corrected chi connectivity index (χ3v) is 3.99. The summed E-state index contributed by atoms with van der Waals surface area (Å²) in [5.41, 5.74) is -1.28. The summed E-state index contributed by atoms with van der Waals surface area (Å²) in [5, 5.41) is 16.8. The molecule has 0 aromatic rings. The molecule has 0 aromatic heterocycles. The van der Waals surface area contributed by atoms with E-state index in [9.17, 15) is 18.3 Å². The summed E-state index contributed by atoms with van der Waals surface area (Å²) in [5.74, 6) is -1.44. The molecule has 0 spiro atoms. The lowest BCUT2D eigenvalue weighted by Crippen LogP contribution is -2.45. The van der Waals surface area contributed by atoms with Crippen LogP contribution in [0.5, 0.6) is 0 Å². The molecular formula is C9H19NO6S. The Labute approximate surface area is 101 Å². The number of hydrogen-bond acceptors (Lipinski definition) is 5. The molecule has 0 rings (SSSR count). The summed E-state index contributed by atoms with van der Waals surface area (Å²) in [7, 11) is -2.50. The molecule has 17 heavy (non-hydrogen) atoms. The summed E-state index contributed by atoms with van der Waals surface area (Å²) in [4.78, 5) is 10.5. The lowest BCUT2D eigenvalue weighted by Gasteiger charge is -2.23. The van der Waals surface area contributed by atoms with Gasteiger partial charge in [0.25, 0.3) is 0 Å². The fraction of sp³-hybridized carbons (Fsp3) is 0.889. The number of ether oxygens (including phenoxy) is 1. The summed E-state index contributed by atoms with van der Waals surface area (Å²) in [6.07, 6.45) is 0.244. The number of nitrogens with one attached hydrogen (secondary N) is 1. The fourth-order valence-electron chi connectivity index (χ4n) is 0.924. The van der Waals surface area contributed by atoms with Crippen molar-refractivity contribution >= 4 is 16.0 Å². The first-order chi connectivity index (χ1) is 7.62. The topological polar surface area (TPSA) is 113 Å². The minimum atomic E-state index is -3.97. The Balaban J connectivity index is 4.41. The summed E-state index contributed by atoms with van der Waals surface area (Å²) in [6, 6.07) is 0. The number of methoxy groups -OCH3 is 1. The van der Waals surface area contributed by atoms with Crippen molar-refractivity contribution in [2.24, 2.45) is 0 Å². The molecule has 3 N–H and O–H groups in total. The van der Waals surface area contributed by atoms with Crippen molar-refractivity contribution in [3.05, 3.63) is 0 Å². The van der Waals surface area contributed by atoms with E-state index in [4.69, 9.17) is 9.84 Å². The lowest BCUT2D eigenvalue weighted by molar-refractivity contribution is -0.136. The quantitative estimate of drug-likeness (QED) is 0.530. The second-order valence-electron chi connectivity index (χ2n) is 4.09. The van der Waals surface area contributed by atoms with Crippen LogP contribution in [0.15, 0.2) is 0 Å². The van der Waals surface area contributed by atoms with Gasteiger partial charge < -0.3 is 14.9 Å². The van der Waals surface area contributed by atoms with Crippen LogP contribution < -0.4 is 4.72 Å². The van der Waals surface area contributed by atoms with Crippen LogP contribution in [0.3, 0.4) is 0 Å². The molecule has 0 aliphatic carbocycles. The number of hydrogen-bond donors (Lipinski definition) is 3. The molecule has 0 bridgehead atoms. The molecule has 0 aromatic carbocycles. The van der Waals surface area contributed by atoms with Gasteiger partial charge in [0, 0.05) is 26.7 Å². The number of carbonyl (C=O) groups is 1. The van der Waals surface area contributed by atoms with Crippen LogP contribution in [0.2, 0.25) is 0 Å². The molecule has 2 atom stereocenters. The molecule has 0 heterocycles. The molecule has 0 fully saturated rings. The molecule has 0 saturated carbocycles. The van der Waals surface area contributed by atoms with Gasteiger partial charge in [0.1, 0.15) is 0 Å². The zero-order valence-corrected chi connectivity index (χ0v) is 11.0. The van der Waals surface area contributed by atoms with Gasteiger partial charge in [-0.15, -0.1) is 0 Å². The van der Waals surface area contributed by atoms with E-state index in [1.165, 1.54) is 14.0 Å². The van der Waals surface area contributed by atoms with Crippen LogP contribution in [0.25, 0.3) is 0 Å². The van der Waals surface area contributed by atoms with E-state index in [1.54, 1.807) is 0 Å². The Morgan fingerprint density at radius 1 is 1.53 bits per heavy atom. The minimum absolute atomic E-state index is 0.244. The summed E-state index contributed by atoms with van der Waals surface area (Å²) >= 11 is 0. The van der Waals surface area contributed by atoms with Gasteiger partial charge in [-0.2, -0.15) is 0 Å². The highest BCUT2D eigenvalue weighted by atomic mass is 32.2. The van der Waals surface area contributed by atoms with Gasteiger partial charge in [-0.3, -0.25) is 4.79 Å². The monoisotopic (exact) mass is 269 g/mol. The van der Waals surface area contributed by atoms with Crippen molar-refractivity contribution < 1.29 is 28.2 Å². The lowest BCUT2D eigenvalue weighted by atomic mass is 10.0. The zero-order valence-electron chi connectivity index (χ0n) is 10.1. The highest BCUT2D eigenvalue weighted by Gasteiger charge is 2.30. The van der Waals surface area contributed by atoms with Gasteiger partial charge in [-0.1, -0.05) is 0 Å². The number of rotatable bonds is 8. The van der Waals surface area contributed by atoms with Gasteiger partial charge >= 0.3 is 5.97 Å².